The number of benzene rings is 1. The molecule has 132 valence electrons. The van der Waals surface area contributed by atoms with Crippen molar-refractivity contribution in [2.75, 3.05) is 13.1 Å². The van der Waals surface area contributed by atoms with Crippen molar-refractivity contribution in [3.8, 4) is 12.3 Å². The summed E-state index contributed by atoms with van der Waals surface area (Å²) in [6.45, 7) is -0.0342. The first-order valence-electron chi connectivity index (χ1n) is 7.85. The Morgan fingerprint density at radius 3 is 2.64 bits per heavy atom. The van der Waals surface area contributed by atoms with Crippen molar-refractivity contribution in [1.29, 1.82) is 0 Å². The van der Waals surface area contributed by atoms with Gasteiger partial charge in [0.05, 0.1) is 12.1 Å². The zero-order chi connectivity index (χ0) is 18.2. The lowest BCUT2D eigenvalue weighted by atomic mass is 10.1. The molecular weight excluding hydrogens is 324 g/mol. The van der Waals surface area contributed by atoms with Gasteiger partial charge in [-0.25, -0.2) is 5.48 Å². The predicted molar refractivity (Wildman–Crippen MR) is 89.6 cm³/mol. The Kier molecular flexibility index (Phi) is 6.51. The summed E-state index contributed by atoms with van der Waals surface area (Å²) in [6, 6.07) is 5.69. The van der Waals surface area contributed by atoms with Crippen molar-refractivity contribution in [2.45, 2.75) is 24.9 Å². The molecule has 1 saturated carbocycles. The smallest absolute Gasteiger partial charge is 0.267 e. The minimum Gasteiger partial charge on any atom is -0.352 e. The van der Waals surface area contributed by atoms with E-state index >= 15 is 0 Å². The Labute approximate surface area is 145 Å². The second kappa shape index (κ2) is 8.82. The Balaban J connectivity index is 1.94. The average Bonchev–Trinajstić information content (AvgIpc) is 3.46. The Hall–Kier alpha value is -2.89. The zero-order valence-electron chi connectivity index (χ0n) is 13.5. The largest absolute Gasteiger partial charge is 0.352 e. The molecule has 1 aromatic rings. The van der Waals surface area contributed by atoms with E-state index in [1.54, 1.807) is 18.2 Å². The highest BCUT2D eigenvalue weighted by Gasteiger charge is 2.24. The minimum atomic E-state index is -1.15. The number of carbonyl (C=O) groups excluding carboxylic acids is 3. The van der Waals surface area contributed by atoms with E-state index in [4.69, 9.17) is 11.6 Å². The number of terminal acetylenes is 1. The van der Waals surface area contributed by atoms with Gasteiger partial charge in [-0.1, -0.05) is 18.1 Å². The first-order valence-corrected chi connectivity index (χ1v) is 7.85. The molecular formula is C17H20N4O4. The molecule has 0 radical (unpaired) electrons. The number of rotatable bonds is 8. The van der Waals surface area contributed by atoms with E-state index in [1.807, 2.05) is 0 Å². The standard InChI is InChI=1S/C17H20N4O4/c1-2-11-5-3-4-6-13(11)16(23)20-14(17(24)21-25)9-19-15(22)10-18-12-7-8-12/h1,3-6,12,14,18,25H,7-10H2,(H,19,22)(H,20,23)(H,21,24)/t14-/m0/s1. The van der Waals surface area contributed by atoms with Crippen LogP contribution in [0.5, 0.6) is 0 Å². The molecule has 8 nitrogen and oxygen atoms in total. The number of carbonyl (C=O) groups is 3. The van der Waals surface area contributed by atoms with Gasteiger partial charge in [-0.05, 0) is 25.0 Å². The van der Waals surface area contributed by atoms with Crippen LogP contribution in [0.3, 0.4) is 0 Å². The molecule has 25 heavy (non-hydrogen) atoms. The molecule has 1 fully saturated rings. The van der Waals surface area contributed by atoms with Crippen LogP contribution >= 0.6 is 0 Å². The number of nitrogens with one attached hydrogen (secondary N) is 4. The molecule has 5 N–H and O–H groups in total. The molecule has 3 amide bonds. The van der Waals surface area contributed by atoms with Crippen molar-refractivity contribution in [1.82, 2.24) is 21.4 Å². The predicted octanol–water partition coefficient (Wildman–Crippen LogP) is -0.860. The van der Waals surface area contributed by atoms with Crippen LogP contribution in [0.1, 0.15) is 28.8 Å². The fourth-order valence-corrected chi connectivity index (χ4v) is 2.13. The summed E-state index contributed by atoms with van der Waals surface area (Å²) >= 11 is 0. The quantitative estimate of drug-likeness (QED) is 0.239. The van der Waals surface area contributed by atoms with Gasteiger partial charge in [-0.2, -0.15) is 0 Å². The summed E-state index contributed by atoms with van der Waals surface area (Å²) < 4.78 is 0. The topological polar surface area (TPSA) is 120 Å². The fraction of sp³-hybridized carbons (Fsp3) is 0.353. The van der Waals surface area contributed by atoms with E-state index in [-0.39, 0.29) is 24.6 Å². The van der Waals surface area contributed by atoms with E-state index in [1.165, 1.54) is 11.5 Å². The first-order chi connectivity index (χ1) is 12.0. The molecule has 0 aromatic heterocycles. The third-order valence-electron chi connectivity index (χ3n) is 3.69. The summed E-state index contributed by atoms with van der Waals surface area (Å²) in [4.78, 5) is 35.8. The minimum absolute atomic E-state index is 0.131. The van der Waals surface area contributed by atoms with Gasteiger partial charge in [0.15, 0.2) is 0 Å². The summed E-state index contributed by atoms with van der Waals surface area (Å²) in [5, 5.41) is 16.9. The molecule has 8 heteroatoms. The third-order valence-corrected chi connectivity index (χ3v) is 3.69. The molecule has 2 rings (SSSR count). The summed E-state index contributed by atoms with van der Waals surface area (Å²) in [6.07, 6.45) is 7.45. The van der Waals surface area contributed by atoms with Crippen LogP contribution < -0.4 is 21.4 Å². The van der Waals surface area contributed by atoms with Crippen LogP contribution in [0.2, 0.25) is 0 Å². The first kappa shape index (κ1) is 18.4. The lowest BCUT2D eigenvalue weighted by Crippen LogP contribution is -2.53. The van der Waals surface area contributed by atoms with E-state index < -0.39 is 17.9 Å². The van der Waals surface area contributed by atoms with E-state index in [0.717, 1.165) is 12.8 Å². The van der Waals surface area contributed by atoms with Gasteiger partial charge in [-0.15, -0.1) is 6.42 Å². The Morgan fingerprint density at radius 1 is 1.28 bits per heavy atom. The Bertz CT molecular complexity index is 694. The van der Waals surface area contributed by atoms with E-state index in [0.29, 0.717) is 11.6 Å². The highest BCUT2D eigenvalue weighted by Crippen LogP contribution is 2.17. The molecule has 0 spiro atoms. The van der Waals surface area contributed by atoms with Crippen LogP contribution in [-0.4, -0.2) is 48.1 Å². The normalized spacial score (nSPS) is 14.1. The summed E-state index contributed by atoms with van der Waals surface area (Å²) in [5.74, 6) is 0.661. The Morgan fingerprint density at radius 2 is 2.00 bits per heavy atom. The molecule has 0 heterocycles. The van der Waals surface area contributed by atoms with Crippen molar-refractivity contribution in [3.05, 3.63) is 35.4 Å². The molecule has 0 unspecified atom stereocenters. The van der Waals surface area contributed by atoms with E-state index in [9.17, 15) is 14.4 Å². The molecule has 1 aliphatic carbocycles. The molecule has 0 bridgehead atoms. The molecule has 1 atom stereocenters. The van der Waals surface area contributed by atoms with Crippen LogP contribution in [0.25, 0.3) is 0 Å². The van der Waals surface area contributed by atoms with Crippen LogP contribution in [0.15, 0.2) is 24.3 Å². The maximum atomic E-state index is 12.3. The maximum Gasteiger partial charge on any atom is 0.267 e. The van der Waals surface area contributed by atoms with Gasteiger partial charge in [0.1, 0.15) is 6.04 Å². The van der Waals surface area contributed by atoms with Gasteiger partial charge in [0.25, 0.3) is 11.8 Å². The summed E-state index contributed by atoms with van der Waals surface area (Å²) in [7, 11) is 0. The number of hydroxylamine groups is 1. The van der Waals surface area contributed by atoms with Crippen LogP contribution in [-0.2, 0) is 9.59 Å². The van der Waals surface area contributed by atoms with Crippen molar-refractivity contribution in [2.24, 2.45) is 0 Å². The van der Waals surface area contributed by atoms with Gasteiger partial charge >= 0.3 is 0 Å². The third kappa shape index (κ3) is 5.60. The lowest BCUT2D eigenvalue weighted by molar-refractivity contribution is -0.131. The summed E-state index contributed by atoms with van der Waals surface area (Å²) in [5.41, 5.74) is 2.07. The van der Waals surface area contributed by atoms with Crippen molar-refractivity contribution in [3.63, 3.8) is 0 Å². The highest BCUT2D eigenvalue weighted by molar-refractivity contribution is 5.99. The van der Waals surface area contributed by atoms with Gasteiger partial charge in [-0.3, -0.25) is 19.6 Å². The maximum absolute atomic E-state index is 12.3. The van der Waals surface area contributed by atoms with Crippen LogP contribution in [0, 0.1) is 12.3 Å². The number of amides is 3. The van der Waals surface area contributed by atoms with Crippen LogP contribution in [0.4, 0.5) is 0 Å². The fourth-order valence-electron chi connectivity index (χ4n) is 2.13. The second-order valence-corrected chi connectivity index (χ2v) is 5.65. The van der Waals surface area contributed by atoms with Crippen molar-refractivity contribution >= 4 is 17.7 Å². The SMILES string of the molecule is C#Cc1ccccc1C(=O)N[C@@H](CNC(=O)CNC1CC1)C(=O)NO. The monoisotopic (exact) mass is 344 g/mol. The van der Waals surface area contributed by atoms with Gasteiger partial charge in [0, 0.05) is 18.2 Å². The number of hydrogen-bond acceptors (Lipinski definition) is 5. The molecule has 1 aliphatic rings. The average molecular weight is 344 g/mol. The highest BCUT2D eigenvalue weighted by atomic mass is 16.5. The van der Waals surface area contributed by atoms with E-state index in [2.05, 4.69) is 21.9 Å². The van der Waals surface area contributed by atoms with Gasteiger partial charge in [0.2, 0.25) is 5.91 Å². The van der Waals surface area contributed by atoms with Crippen molar-refractivity contribution < 1.29 is 19.6 Å². The lowest BCUT2D eigenvalue weighted by Gasteiger charge is -2.18. The number of hydrogen-bond donors (Lipinski definition) is 5. The zero-order valence-corrected chi connectivity index (χ0v) is 13.5. The van der Waals surface area contributed by atoms with Gasteiger partial charge < -0.3 is 16.0 Å². The molecule has 1 aromatic carbocycles. The second-order valence-electron chi connectivity index (χ2n) is 5.65. The molecule has 0 aliphatic heterocycles. The molecule has 0 saturated heterocycles.